The maximum atomic E-state index is 11.9. The van der Waals surface area contributed by atoms with Crippen LogP contribution in [0.25, 0.3) is 0 Å². The average Bonchev–Trinajstić information content (AvgIpc) is 2.76. The van der Waals surface area contributed by atoms with Crippen molar-refractivity contribution in [1.29, 1.82) is 0 Å². The minimum Gasteiger partial charge on any atom is -0.496 e. The zero-order valence-electron chi connectivity index (χ0n) is 15.8. The summed E-state index contributed by atoms with van der Waals surface area (Å²) in [6.07, 6.45) is 3.23. The van der Waals surface area contributed by atoms with Crippen LogP contribution in [0, 0.1) is 5.92 Å². The van der Waals surface area contributed by atoms with Crippen LogP contribution in [0.15, 0.2) is 24.3 Å². The highest BCUT2D eigenvalue weighted by atomic mass is 16.5. The molecular weight excluding hydrogens is 300 g/mol. The van der Waals surface area contributed by atoms with E-state index in [0.717, 1.165) is 22.4 Å². The van der Waals surface area contributed by atoms with Crippen molar-refractivity contribution >= 4 is 11.6 Å². The molecule has 0 saturated heterocycles. The summed E-state index contributed by atoms with van der Waals surface area (Å²) in [5.74, 6) is 0.149. The third kappa shape index (κ3) is 3.61. The number of benzene rings is 1. The highest BCUT2D eigenvalue weighted by Crippen LogP contribution is 2.41. The molecule has 0 fully saturated rings. The summed E-state index contributed by atoms with van der Waals surface area (Å²) in [5.41, 5.74) is 3.05. The van der Waals surface area contributed by atoms with Gasteiger partial charge < -0.3 is 4.74 Å². The molecule has 0 amide bonds. The van der Waals surface area contributed by atoms with Crippen molar-refractivity contribution in [3.8, 4) is 5.75 Å². The topological polar surface area (TPSA) is 43.4 Å². The lowest BCUT2D eigenvalue weighted by Crippen LogP contribution is -2.22. The Morgan fingerprint density at radius 3 is 1.62 bits per heavy atom. The van der Waals surface area contributed by atoms with E-state index in [1.807, 2.05) is 0 Å². The van der Waals surface area contributed by atoms with Gasteiger partial charge in [-0.2, -0.15) is 0 Å². The van der Waals surface area contributed by atoms with Crippen LogP contribution in [0.1, 0.15) is 58.2 Å². The molecule has 0 atom stereocenters. The average molecular weight is 328 g/mol. The van der Waals surface area contributed by atoms with E-state index in [1.165, 1.54) is 12.2 Å². The smallest absolute Gasteiger partial charge is 0.166 e. The summed E-state index contributed by atoms with van der Waals surface area (Å²) in [7, 11) is 1.70. The second kappa shape index (κ2) is 6.19. The lowest BCUT2D eigenvalue weighted by molar-refractivity contribution is -0.125. The fraction of sp³-hybridized carbons (Fsp3) is 0.524. The fourth-order valence-electron chi connectivity index (χ4n) is 3.11. The summed E-state index contributed by atoms with van der Waals surface area (Å²) in [6.45, 7) is 12.9. The van der Waals surface area contributed by atoms with Crippen molar-refractivity contribution in [2.45, 2.75) is 58.8 Å². The maximum Gasteiger partial charge on any atom is 0.166 e. The molecule has 2 rings (SSSR count). The SMILES string of the molecule is COc1c(C(C)(C)C)cc(CC2C(=O)C=CC2=O)cc1C(C)(C)C. The zero-order valence-corrected chi connectivity index (χ0v) is 15.8. The standard InChI is InChI=1S/C21H28O3/c1-20(2,3)15-11-13(10-14-17(22)8-9-18(14)23)12-16(19(15)24-7)21(4,5)6/h8-9,11-12,14H,10H2,1-7H3. The first-order valence-electron chi connectivity index (χ1n) is 8.43. The molecule has 0 aliphatic heterocycles. The number of methoxy groups -OCH3 is 1. The van der Waals surface area contributed by atoms with Gasteiger partial charge in [-0.05, 0) is 35.0 Å². The van der Waals surface area contributed by atoms with E-state index < -0.39 is 5.92 Å². The van der Waals surface area contributed by atoms with Crippen LogP contribution in [-0.4, -0.2) is 18.7 Å². The number of ether oxygens (including phenoxy) is 1. The number of carbonyl (C=O) groups is 2. The van der Waals surface area contributed by atoms with Crippen molar-refractivity contribution in [3.05, 3.63) is 41.0 Å². The number of hydrogen-bond donors (Lipinski definition) is 0. The summed E-state index contributed by atoms with van der Waals surface area (Å²) in [6, 6.07) is 4.18. The molecule has 0 unspecified atom stereocenters. The Morgan fingerprint density at radius 1 is 0.875 bits per heavy atom. The molecule has 3 heteroatoms. The highest BCUT2D eigenvalue weighted by Gasteiger charge is 2.31. The zero-order chi connectivity index (χ0) is 18.3. The Balaban J connectivity index is 2.57. The summed E-state index contributed by atoms with van der Waals surface area (Å²) in [5, 5.41) is 0. The molecule has 0 N–H and O–H groups in total. The van der Waals surface area contributed by atoms with Crippen molar-refractivity contribution in [2.24, 2.45) is 5.92 Å². The van der Waals surface area contributed by atoms with Gasteiger partial charge in [0.1, 0.15) is 5.75 Å². The van der Waals surface area contributed by atoms with E-state index in [-0.39, 0.29) is 22.4 Å². The first kappa shape index (κ1) is 18.4. The van der Waals surface area contributed by atoms with Gasteiger partial charge in [0.15, 0.2) is 11.6 Å². The van der Waals surface area contributed by atoms with Crippen LogP contribution in [0.5, 0.6) is 5.75 Å². The maximum absolute atomic E-state index is 11.9. The molecule has 0 bridgehead atoms. The lowest BCUT2D eigenvalue weighted by Gasteiger charge is -2.30. The van der Waals surface area contributed by atoms with Gasteiger partial charge in [-0.25, -0.2) is 0 Å². The van der Waals surface area contributed by atoms with Crippen LogP contribution >= 0.6 is 0 Å². The summed E-state index contributed by atoms with van der Waals surface area (Å²) >= 11 is 0. The van der Waals surface area contributed by atoms with Gasteiger partial charge in [-0.15, -0.1) is 0 Å². The number of allylic oxidation sites excluding steroid dienone is 2. The summed E-state index contributed by atoms with van der Waals surface area (Å²) < 4.78 is 5.75. The molecule has 0 saturated carbocycles. The van der Waals surface area contributed by atoms with Crippen LogP contribution in [0.3, 0.4) is 0 Å². The molecule has 0 aromatic heterocycles. The van der Waals surface area contributed by atoms with Gasteiger partial charge in [0.2, 0.25) is 0 Å². The predicted octanol–water partition coefficient (Wildman–Crippen LogP) is 4.16. The Bertz CT molecular complexity index is 644. The van der Waals surface area contributed by atoms with Crippen molar-refractivity contribution in [2.75, 3.05) is 7.11 Å². The molecule has 1 aromatic rings. The molecule has 1 aromatic carbocycles. The van der Waals surface area contributed by atoms with Crippen LogP contribution in [0.2, 0.25) is 0 Å². The Kier molecular flexibility index (Phi) is 4.76. The first-order valence-corrected chi connectivity index (χ1v) is 8.43. The normalized spacial score (nSPS) is 16.1. The van der Waals surface area contributed by atoms with Crippen LogP contribution < -0.4 is 4.74 Å². The van der Waals surface area contributed by atoms with Gasteiger partial charge in [0, 0.05) is 11.1 Å². The van der Waals surface area contributed by atoms with E-state index in [9.17, 15) is 9.59 Å². The van der Waals surface area contributed by atoms with Gasteiger partial charge >= 0.3 is 0 Å². The molecule has 130 valence electrons. The van der Waals surface area contributed by atoms with E-state index >= 15 is 0 Å². The third-order valence-electron chi connectivity index (χ3n) is 4.51. The van der Waals surface area contributed by atoms with E-state index in [2.05, 4.69) is 53.7 Å². The molecule has 0 radical (unpaired) electrons. The highest BCUT2D eigenvalue weighted by molar-refractivity contribution is 6.18. The van der Waals surface area contributed by atoms with Crippen LogP contribution in [-0.2, 0) is 26.8 Å². The second-order valence-corrected chi connectivity index (χ2v) is 8.62. The quantitative estimate of drug-likeness (QED) is 0.783. The van der Waals surface area contributed by atoms with Crippen molar-refractivity contribution in [1.82, 2.24) is 0 Å². The number of rotatable bonds is 3. The number of hydrogen-bond acceptors (Lipinski definition) is 3. The van der Waals surface area contributed by atoms with E-state index in [4.69, 9.17) is 4.74 Å². The lowest BCUT2D eigenvalue weighted by atomic mass is 9.77. The first-order chi connectivity index (χ1) is 10.9. The Hall–Kier alpha value is -1.90. The van der Waals surface area contributed by atoms with E-state index in [0.29, 0.717) is 6.42 Å². The fourth-order valence-corrected chi connectivity index (χ4v) is 3.11. The van der Waals surface area contributed by atoms with Crippen molar-refractivity contribution in [3.63, 3.8) is 0 Å². The van der Waals surface area contributed by atoms with E-state index in [1.54, 1.807) is 7.11 Å². The molecule has 0 heterocycles. The monoisotopic (exact) mass is 328 g/mol. The van der Waals surface area contributed by atoms with Gasteiger partial charge in [0.25, 0.3) is 0 Å². The second-order valence-electron chi connectivity index (χ2n) is 8.62. The van der Waals surface area contributed by atoms with Gasteiger partial charge in [-0.3, -0.25) is 9.59 Å². The Morgan fingerprint density at radius 2 is 1.29 bits per heavy atom. The molecule has 3 nitrogen and oxygen atoms in total. The minimum atomic E-state index is -0.570. The molecule has 0 spiro atoms. The van der Waals surface area contributed by atoms with Gasteiger partial charge in [-0.1, -0.05) is 53.7 Å². The van der Waals surface area contributed by atoms with Gasteiger partial charge in [0.05, 0.1) is 13.0 Å². The number of ketones is 2. The molecule has 1 aliphatic carbocycles. The third-order valence-corrected chi connectivity index (χ3v) is 4.51. The largest absolute Gasteiger partial charge is 0.496 e. The Labute approximate surface area is 145 Å². The molecule has 1 aliphatic rings. The minimum absolute atomic E-state index is 0.0922. The molecule has 24 heavy (non-hydrogen) atoms. The van der Waals surface area contributed by atoms with Crippen molar-refractivity contribution < 1.29 is 14.3 Å². The predicted molar refractivity (Wildman–Crippen MR) is 96.7 cm³/mol. The summed E-state index contributed by atoms with van der Waals surface area (Å²) in [4.78, 5) is 23.9. The van der Waals surface area contributed by atoms with Crippen LogP contribution in [0.4, 0.5) is 0 Å². The molecular formula is C21H28O3. The number of carbonyl (C=O) groups excluding carboxylic acids is 2.